The summed E-state index contributed by atoms with van der Waals surface area (Å²) in [5.74, 6) is 0.714. The van der Waals surface area contributed by atoms with Crippen LogP contribution in [0.5, 0.6) is 0 Å². The molecule has 1 N–H and O–H groups in total. The molecular formula is C7H14AlNO. The maximum Gasteiger partial charge on any atom is 0.369 e. The minimum absolute atomic E-state index is 0.469. The molecule has 2 nitrogen and oxygen atoms in total. The smallest absolute Gasteiger partial charge is 0.369 e. The van der Waals surface area contributed by atoms with Crippen molar-refractivity contribution in [2.75, 3.05) is 13.1 Å². The summed E-state index contributed by atoms with van der Waals surface area (Å²) in [5.41, 5.74) is 0. The molecule has 3 heteroatoms. The van der Waals surface area contributed by atoms with Crippen molar-refractivity contribution in [2.45, 2.75) is 25.9 Å². The van der Waals surface area contributed by atoms with Crippen LogP contribution in [-0.4, -0.2) is 35.8 Å². The third kappa shape index (κ3) is 1.97. The second-order valence-corrected chi connectivity index (χ2v) is 3.11. The van der Waals surface area contributed by atoms with E-state index >= 15 is 0 Å². The van der Waals surface area contributed by atoms with Crippen molar-refractivity contribution in [3.05, 3.63) is 0 Å². The number of hydrogen-bond acceptors (Lipinski definition) is 2. The third-order valence-electron chi connectivity index (χ3n) is 2.24. The molecule has 1 saturated heterocycles. The van der Waals surface area contributed by atoms with Gasteiger partial charge in [0, 0.05) is 12.6 Å². The SMILES string of the molecule is CC[C@@H]1CNCC[C@@H]1[O][Al]. The summed E-state index contributed by atoms with van der Waals surface area (Å²) in [6.45, 7) is 4.44. The molecular weight excluding hydrogens is 141 g/mol. The molecule has 0 spiro atoms. The molecule has 0 aliphatic carbocycles. The quantitative estimate of drug-likeness (QED) is 0.585. The lowest BCUT2D eigenvalue weighted by Gasteiger charge is -2.31. The van der Waals surface area contributed by atoms with Gasteiger partial charge in [-0.15, -0.1) is 0 Å². The Morgan fingerprint density at radius 1 is 1.70 bits per heavy atom. The summed E-state index contributed by atoms with van der Waals surface area (Å²) in [6.07, 6.45) is 2.84. The molecule has 0 aromatic heterocycles. The highest BCUT2D eigenvalue weighted by Gasteiger charge is 2.21. The van der Waals surface area contributed by atoms with E-state index in [4.69, 9.17) is 3.79 Å². The van der Waals surface area contributed by atoms with Crippen molar-refractivity contribution in [3.63, 3.8) is 0 Å². The van der Waals surface area contributed by atoms with E-state index in [9.17, 15) is 0 Å². The van der Waals surface area contributed by atoms with Crippen LogP contribution in [0, 0.1) is 5.92 Å². The Hall–Kier alpha value is 0.452. The first-order chi connectivity index (χ1) is 4.88. The highest BCUT2D eigenvalue weighted by Crippen LogP contribution is 2.16. The maximum atomic E-state index is 5.27. The van der Waals surface area contributed by atoms with Gasteiger partial charge in [-0.2, -0.15) is 0 Å². The molecule has 10 heavy (non-hydrogen) atoms. The van der Waals surface area contributed by atoms with Crippen LogP contribution < -0.4 is 5.32 Å². The van der Waals surface area contributed by atoms with Crippen LogP contribution >= 0.6 is 0 Å². The van der Waals surface area contributed by atoms with Crippen LogP contribution in [0.2, 0.25) is 0 Å². The van der Waals surface area contributed by atoms with Crippen LogP contribution in [0.1, 0.15) is 19.8 Å². The molecule has 0 saturated carbocycles. The van der Waals surface area contributed by atoms with E-state index in [1.54, 1.807) is 0 Å². The normalized spacial score (nSPS) is 34.1. The molecule has 0 aromatic carbocycles. The number of piperidine rings is 1. The lowest BCUT2D eigenvalue weighted by molar-refractivity contribution is 0.110. The van der Waals surface area contributed by atoms with Crippen molar-refractivity contribution in [2.24, 2.45) is 5.92 Å². The highest BCUT2D eigenvalue weighted by molar-refractivity contribution is 5.98. The molecule has 1 aliphatic heterocycles. The third-order valence-corrected chi connectivity index (χ3v) is 2.59. The van der Waals surface area contributed by atoms with Crippen LogP contribution in [0.3, 0.4) is 0 Å². The molecule has 1 rings (SSSR count). The van der Waals surface area contributed by atoms with Gasteiger partial charge in [-0.05, 0) is 25.3 Å². The van der Waals surface area contributed by atoms with Gasteiger partial charge in [0.15, 0.2) is 0 Å². The van der Waals surface area contributed by atoms with Crippen LogP contribution in [0.4, 0.5) is 0 Å². The number of hydrogen-bond donors (Lipinski definition) is 1. The Morgan fingerprint density at radius 2 is 2.50 bits per heavy atom. The average molecular weight is 155 g/mol. The predicted molar refractivity (Wildman–Crippen MR) is 41.9 cm³/mol. The van der Waals surface area contributed by atoms with Crippen molar-refractivity contribution in [3.8, 4) is 0 Å². The largest absolute Gasteiger partial charge is 0.513 e. The van der Waals surface area contributed by atoms with Gasteiger partial charge in [-0.25, -0.2) is 0 Å². The summed E-state index contributed by atoms with van der Waals surface area (Å²) in [4.78, 5) is 0. The molecule has 0 aromatic rings. The van der Waals surface area contributed by atoms with E-state index in [1.807, 2.05) is 0 Å². The monoisotopic (exact) mass is 155 g/mol. The first-order valence-electron chi connectivity index (χ1n) is 3.94. The zero-order valence-electron chi connectivity index (χ0n) is 6.47. The van der Waals surface area contributed by atoms with Gasteiger partial charge in [-0.3, -0.25) is 0 Å². The summed E-state index contributed by atoms with van der Waals surface area (Å²) >= 11 is 2.37. The van der Waals surface area contributed by atoms with E-state index in [0.717, 1.165) is 19.5 Å². The maximum absolute atomic E-state index is 5.27. The zero-order valence-corrected chi connectivity index (χ0v) is 7.62. The predicted octanol–water partition coefficient (Wildman–Crippen LogP) is 0.475. The van der Waals surface area contributed by atoms with Gasteiger partial charge < -0.3 is 9.11 Å². The van der Waals surface area contributed by atoms with Gasteiger partial charge in [-0.1, -0.05) is 6.92 Å². The molecule has 0 amide bonds. The van der Waals surface area contributed by atoms with Crippen LogP contribution in [0.25, 0.3) is 0 Å². The van der Waals surface area contributed by atoms with Crippen LogP contribution in [0.15, 0.2) is 0 Å². The Kier molecular flexibility index (Phi) is 3.72. The summed E-state index contributed by atoms with van der Waals surface area (Å²) < 4.78 is 5.27. The van der Waals surface area contributed by atoms with E-state index in [0.29, 0.717) is 12.0 Å². The Balaban J connectivity index is 2.34. The number of rotatable bonds is 2. The Labute approximate surface area is 71.1 Å². The second kappa shape index (κ2) is 4.36. The fourth-order valence-electron chi connectivity index (χ4n) is 1.49. The molecule has 2 radical (unpaired) electrons. The minimum Gasteiger partial charge on any atom is -0.513 e. The first kappa shape index (κ1) is 8.55. The standard InChI is InChI=1S/C7H14NO.Al/c1-2-6-5-8-4-3-7(6)9;/h6-8H,2-5H2,1H3;/q-1;+1/t6-,7+;/m1./s1. The molecule has 0 bridgehead atoms. The molecule has 56 valence electrons. The number of nitrogens with one attached hydrogen (secondary N) is 1. The zero-order chi connectivity index (χ0) is 7.40. The highest BCUT2D eigenvalue weighted by atomic mass is 27.1. The molecule has 1 fully saturated rings. The Morgan fingerprint density at radius 3 is 3.00 bits per heavy atom. The van der Waals surface area contributed by atoms with E-state index < -0.39 is 0 Å². The van der Waals surface area contributed by atoms with Crippen molar-refractivity contribution in [1.82, 2.24) is 5.32 Å². The van der Waals surface area contributed by atoms with Gasteiger partial charge >= 0.3 is 16.6 Å². The molecule has 1 heterocycles. The topological polar surface area (TPSA) is 21.3 Å². The van der Waals surface area contributed by atoms with E-state index in [2.05, 4.69) is 28.9 Å². The van der Waals surface area contributed by atoms with E-state index in [1.165, 1.54) is 6.42 Å². The average Bonchev–Trinajstić information content (AvgIpc) is 2.04. The molecule has 1 aliphatic rings. The lowest BCUT2D eigenvalue weighted by atomic mass is 9.94. The van der Waals surface area contributed by atoms with Crippen molar-refractivity contribution < 1.29 is 3.79 Å². The summed E-state index contributed by atoms with van der Waals surface area (Å²) in [7, 11) is 0. The van der Waals surface area contributed by atoms with Gasteiger partial charge in [0.1, 0.15) is 0 Å². The van der Waals surface area contributed by atoms with E-state index in [-0.39, 0.29) is 0 Å². The fourth-order valence-corrected chi connectivity index (χ4v) is 1.84. The summed E-state index contributed by atoms with van der Waals surface area (Å²) in [5, 5.41) is 3.36. The van der Waals surface area contributed by atoms with Gasteiger partial charge in [0.05, 0.1) is 0 Å². The first-order valence-corrected chi connectivity index (χ1v) is 4.42. The summed E-state index contributed by atoms with van der Waals surface area (Å²) in [6, 6.07) is 0. The molecule has 2 atom stereocenters. The molecule has 0 unspecified atom stereocenters. The van der Waals surface area contributed by atoms with Gasteiger partial charge in [0.25, 0.3) is 0 Å². The minimum atomic E-state index is 0.469. The van der Waals surface area contributed by atoms with Crippen molar-refractivity contribution in [1.29, 1.82) is 0 Å². The fraction of sp³-hybridized carbons (Fsp3) is 1.00. The lowest BCUT2D eigenvalue weighted by Crippen LogP contribution is -2.40. The Bertz CT molecular complexity index is 87.6. The van der Waals surface area contributed by atoms with Crippen molar-refractivity contribution >= 4 is 16.6 Å². The second-order valence-electron chi connectivity index (χ2n) is 2.84. The van der Waals surface area contributed by atoms with Crippen LogP contribution in [-0.2, 0) is 3.79 Å². The van der Waals surface area contributed by atoms with Gasteiger partial charge in [0.2, 0.25) is 0 Å².